The lowest BCUT2D eigenvalue weighted by atomic mass is 9.94. The summed E-state index contributed by atoms with van der Waals surface area (Å²) in [6, 6.07) is 0. The van der Waals surface area contributed by atoms with Gasteiger partial charge >= 0.3 is 29.9 Å². The highest BCUT2D eigenvalue weighted by molar-refractivity contribution is 5.06. The van der Waals surface area contributed by atoms with Crippen molar-refractivity contribution >= 4 is 0 Å². The first kappa shape index (κ1) is 31.2. The fraction of sp³-hybridized carbons (Fsp3) is 1.00. The molecule has 1 aliphatic rings. The average molecular weight is 524 g/mol. The van der Waals surface area contributed by atoms with Crippen LogP contribution in [0.3, 0.4) is 0 Å². The van der Waals surface area contributed by atoms with Crippen molar-refractivity contribution in [3.05, 3.63) is 0 Å². The van der Waals surface area contributed by atoms with E-state index in [1.165, 1.54) is 0 Å². The van der Waals surface area contributed by atoms with Gasteiger partial charge in [-0.05, 0) is 32.1 Å². The number of unbranched alkanes of at least 4 members (excludes halogenated alkanes) is 7. The SMILES string of the molecule is FC(F)(F)C(F)(F)C(F)(F)C(F)(F)C(F)(F)CCCCCCCCCCOCC1CCCCO1. The van der Waals surface area contributed by atoms with Gasteiger partial charge in [0.2, 0.25) is 0 Å². The summed E-state index contributed by atoms with van der Waals surface area (Å²) in [6.45, 7) is 1.86. The Morgan fingerprint density at radius 1 is 0.618 bits per heavy atom. The normalized spacial score (nSPS) is 19.0. The molecule has 1 aliphatic heterocycles. The van der Waals surface area contributed by atoms with E-state index in [1.54, 1.807) is 0 Å². The molecule has 0 aliphatic carbocycles. The van der Waals surface area contributed by atoms with Crippen molar-refractivity contribution in [2.45, 2.75) is 113 Å². The van der Waals surface area contributed by atoms with E-state index < -0.39 is 42.7 Å². The molecule has 1 fully saturated rings. The van der Waals surface area contributed by atoms with Crippen LogP contribution in [0, 0.1) is 0 Å². The van der Waals surface area contributed by atoms with Gasteiger partial charge in [-0.2, -0.15) is 48.3 Å². The van der Waals surface area contributed by atoms with Crippen LogP contribution in [0.4, 0.5) is 48.3 Å². The molecule has 0 bridgehead atoms. The van der Waals surface area contributed by atoms with Crippen LogP contribution in [0.15, 0.2) is 0 Å². The standard InChI is InChI=1S/C21H31F11O2/c22-17(23,18(24,25)19(26,27)20(28,29)21(30,31)32)12-8-5-3-1-2-4-6-9-13-33-15-16-11-7-10-14-34-16/h16H,1-15H2. The Labute approximate surface area is 191 Å². The van der Waals surface area contributed by atoms with Gasteiger partial charge in [0.15, 0.2) is 0 Å². The molecule has 204 valence electrons. The Balaban J connectivity index is 2.21. The molecule has 0 saturated carbocycles. The molecule has 1 atom stereocenters. The molecule has 2 nitrogen and oxygen atoms in total. The van der Waals surface area contributed by atoms with Crippen molar-refractivity contribution < 1.29 is 57.8 Å². The predicted molar refractivity (Wildman–Crippen MR) is 102 cm³/mol. The molecular formula is C21H31F11O2. The minimum absolute atomic E-state index is 0.0859. The molecule has 0 amide bonds. The number of ether oxygens (including phenoxy) is 2. The maximum absolute atomic E-state index is 13.6. The van der Waals surface area contributed by atoms with Crippen LogP contribution in [0.25, 0.3) is 0 Å². The fourth-order valence-corrected chi connectivity index (χ4v) is 3.53. The lowest BCUT2D eigenvalue weighted by Crippen LogP contribution is -2.66. The smallest absolute Gasteiger partial charge is 0.379 e. The Morgan fingerprint density at radius 2 is 1.15 bits per heavy atom. The second-order valence-corrected chi connectivity index (χ2v) is 8.57. The van der Waals surface area contributed by atoms with Crippen LogP contribution in [-0.4, -0.2) is 55.8 Å². The lowest BCUT2D eigenvalue weighted by molar-refractivity contribution is -0.422. The zero-order valence-corrected chi connectivity index (χ0v) is 18.7. The fourth-order valence-electron chi connectivity index (χ4n) is 3.53. The highest BCUT2D eigenvalue weighted by Gasteiger charge is 2.86. The second-order valence-electron chi connectivity index (χ2n) is 8.57. The maximum Gasteiger partial charge on any atom is 0.460 e. The first-order valence-corrected chi connectivity index (χ1v) is 11.4. The average Bonchev–Trinajstić information content (AvgIpc) is 2.74. The Bertz CT molecular complexity index is 574. The van der Waals surface area contributed by atoms with Crippen molar-refractivity contribution in [3.63, 3.8) is 0 Å². The monoisotopic (exact) mass is 524 g/mol. The molecule has 0 N–H and O–H groups in total. The molecule has 1 heterocycles. The molecular weight excluding hydrogens is 493 g/mol. The summed E-state index contributed by atoms with van der Waals surface area (Å²) in [5.74, 6) is -27.3. The van der Waals surface area contributed by atoms with Gasteiger partial charge in [-0.15, -0.1) is 0 Å². The number of halogens is 11. The topological polar surface area (TPSA) is 18.5 Å². The molecule has 13 heteroatoms. The van der Waals surface area contributed by atoms with Crippen molar-refractivity contribution in [1.82, 2.24) is 0 Å². The third-order valence-electron chi connectivity index (χ3n) is 5.71. The van der Waals surface area contributed by atoms with E-state index in [0.29, 0.717) is 32.5 Å². The van der Waals surface area contributed by atoms with Gasteiger partial charge in [0.1, 0.15) is 0 Å². The highest BCUT2D eigenvalue weighted by atomic mass is 19.4. The molecule has 1 saturated heterocycles. The molecule has 0 aromatic rings. The summed E-state index contributed by atoms with van der Waals surface area (Å²) in [5.41, 5.74) is 0. The summed E-state index contributed by atoms with van der Waals surface area (Å²) >= 11 is 0. The Hall–Kier alpha value is -0.850. The van der Waals surface area contributed by atoms with Crippen LogP contribution in [0.1, 0.15) is 77.0 Å². The number of rotatable bonds is 16. The minimum atomic E-state index is -7.32. The Morgan fingerprint density at radius 3 is 1.65 bits per heavy atom. The minimum Gasteiger partial charge on any atom is -0.379 e. The molecule has 0 aromatic carbocycles. The Kier molecular flexibility index (Phi) is 11.8. The quantitative estimate of drug-likeness (QED) is 0.150. The van der Waals surface area contributed by atoms with Gasteiger partial charge in [-0.1, -0.05) is 38.5 Å². The number of hydrogen-bond acceptors (Lipinski definition) is 2. The van der Waals surface area contributed by atoms with Crippen LogP contribution in [0.2, 0.25) is 0 Å². The third kappa shape index (κ3) is 8.09. The summed E-state index contributed by atoms with van der Waals surface area (Å²) in [4.78, 5) is 0. The van der Waals surface area contributed by atoms with Crippen LogP contribution in [-0.2, 0) is 9.47 Å². The van der Waals surface area contributed by atoms with E-state index in [0.717, 1.165) is 45.1 Å². The van der Waals surface area contributed by atoms with Crippen LogP contribution in [0.5, 0.6) is 0 Å². The summed E-state index contributed by atoms with van der Waals surface area (Å²) in [6.07, 6.45) is -2.58. The summed E-state index contributed by atoms with van der Waals surface area (Å²) < 4.78 is 153. The van der Waals surface area contributed by atoms with Gasteiger partial charge in [0, 0.05) is 19.6 Å². The van der Waals surface area contributed by atoms with E-state index >= 15 is 0 Å². The predicted octanol–water partition coefficient (Wildman–Crippen LogP) is 8.19. The van der Waals surface area contributed by atoms with E-state index in [-0.39, 0.29) is 12.5 Å². The lowest BCUT2D eigenvalue weighted by Gasteiger charge is -2.37. The van der Waals surface area contributed by atoms with Crippen LogP contribution < -0.4 is 0 Å². The molecule has 34 heavy (non-hydrogen) atoms. The van der Waals surface area contributed by atoms with E-state index in [4.69, 9.17) is 9.47 Å². The maximum atomic E-state index is 13.6. The molecule has 1 rings (SSSR count). The summed E-state index contributed by atoms with van der Waals surface area (Å²) in [5, 5.41) is 0. The summed E-state index contributed by atoms with van der Waals surface area (Å²) in [7, 11) is 0. The first-order chi connectivity index (χ1) is 15.6. The van der Waals surface area contributed by atoms with Crippen LogP contribution >= 0.6 is 0 Å². The number of hydrogen-bond donors (Lipinski definition) is 0. The van der Waals surface area contributed by atoms with E-state index in [2.05, 4.69) is 0 Å². The van der Waals surface area contributed by atoms with Gasteiger partial charge in [-0.25, -0.2) is 0 Å². The van der Waals surface area contributed by atoms with Gasteiger partial charge < -0.3 is 9.47 Å². The van der Waals surface area contributed by atoms with Gasteiger partial charge in [0.05, 0.1) is 12.7 Å². The van der Waals surface area contributed by atoms with E-state index in [9.17, 15) is 48.3 Å². The zero-order valence-electron chi connectivity index (χ0n) is 18.7. The van der Waals surface area contributed by atoms with Crippen molar-refractivity contribution in [2.24, 2.45) is 0 Å². The number of alkyl halides is 11. The highest BCUT2D eigenvalue weighted by Crippen LogP contribution is 2.58. The largest absolute Gasteiger partial charge is 0.460 e. The molecule has 0 aromatic heterocycles. The van der Waals surface area contributed by atoms with Crippen molar-refractivity contribution in [1.29, 1.82) is 0 Å². The zero-order chi connectivity index (χ0) is 26.1. The van der Waals surface area contributed by atoms with Gasteiger partial charge in [-0.3, -0.25) is 0 Å². The van der Waals surface area contributed by atoms with Crippen molar-refractivity contribution in [2.75, 3.05) is 19.8 Å². The van der Waals surface area contributed by atoms with Gasteiger partial charge in [0.25, 0.3) is 0 Å². The third-order valence-corrected chi connectivity index (χ3v) is 5.71. The second kappa shape index (κ2) is 12.9. The molecule has 1 unspecified atom stereocenters. The van der Waals surface area contributed by atoms with Crippen molar-refractivity contribution in [3.8, 4) is 0 Å². The van der Waals surface area contributed by atoms with E-state index in [1.807, 2.05) is 0 Å². The molecule has 0 radical (unpaired) electrons. The molecule has 0 spiro atoms. The first-order valence-electron chi connectivity index (χ1n) is 11.4.